The molecule has 1 aromatic carbocycles. The van der Waals surface area contributed by atoms with Gasteiger partial charge in [-0.1, -0.05) is 26.0 Å². The fourth-order valence-electron chi connectivity index (χ4n) is 3.02. The fourth-order valence-corrected chi connectivity index (χ4v) is 4.69. The molecule has 0 bridgehead atoms. The number of rotatable bonds is 9. The van der Waals surface area contributed by atoms with E-state index in [1.807, 2.05) is 24.3 Å². The van der Waals surface area contributed by atoms with E-state index in [0.717, 1.165) is 30.9 Å². The number of likely N-dealkylation sites (N-methyl/N-ethyl adjacent to an activating group) is 1. The Morgan fingerprint density at radius 2 is 1.96 bits per heavy atom. The molecule has 0 amide bonds. The van der Waals surface area contributed by atoms with Crippen LogP contribution in [0.2, 0.25) is 0 Å². The number of nitrogens with one attached hydrogen (secondary N) is 2. The highest BCUT2D eigenvalue weighted by atomic mass is 32.2. The van der Waals surface area contributed by atoms with E-state index in [1.165, 1.54) is 0 Å². The highest BCUT2D eigenvalue weighted by molar-refractivity contribution is 7.91. The van der Waals surface area contributed by atoms with Gasteiger partial charge in [-0.25, -0.2) is 8.42 Å². The van der Waals surface area contributed by atoms with Crippen LogP contribution in [0, 0.1) is 0 Å². The maximum atomic E-state index is 11.6. The third-order valence-electron chi connectivity index (χ3n) is 4.75. The second-order valence-electron chi connectivity index (χ2n) is 6.69. The first-order valence-electron chi connectivity index (χ1n) is 9.57. The molecule has 8 heteroatoms. The zero-order valence-corrected chi connectivity index (χ0v) is 17.4. The highest BCUT2D eigenvalue weighted by Gasteiger charge is 2.28. The van der Waals surface area contributed by atoms with Gasteiger partial charge in [0.05, 0.1) is 11.5 Å². The van der Waals surface area contributed by atoms with E-state index in [4.69, 9.17) is 4.74 Å². The second kappa shape index (κ2) is 10.5. The van der Waals surface area contributed by atoms with Gasteiger partial charge in [0.25, 0.3) is 0 Å². The molecule has 1 aliphatic rings. The summed E-state index contributed by atoms with van der Waals surface area (Å²) >= 11 is 0. The Hall–Kier alpha value is -1.80. The van der Waals surface area contributed by atoms with Crippen molar-refractivity contribution >= 4 is 15.8 Å². The fraction of sp³-hybridized carbons (Fsp3) is 0.632. The van der Waals surface area contributed by atoms with Gasteiger partial charge in [-0.15, -0.1) is 0 Å². The molecule has 0 radical (unpaired) electrons. The van der Waals surface area contributed by atoms with Crippen LogP contribution in [0.5, 0.6) is 5.75 Å². The predicted molar refractivity (Wildman–Crippen MR) is 110 cm³/mol. The van der Waals surface area contributed by atoms with Crippen molar-refractivity contribution in [2.24, 2.45) is 4.99 Å². The van der Waals surface area contributed by atoms with Crippen LogP contribution < -0.4 is 15.4 Å². The standard InChI is InChI=1S/C19H32N4O3S/c1-4-23(5-2)11-12-26-18-8-6-16(7-9-18)14-21-19(20-3)22-17-10-13-27(24,25)15-17/h6-9,17H,4-5,10-15H2,1-3H3,(H2,20,21,22). The lowest BCUT2D eigenvalue weighted by Gasteiger charge is -2.18. The van der Waals surface area contributed by atoms with Crippen LogP contribution in [-0.4, -0.2) is 70.1 Å². The first-order valence-corrected chi connectivity index (χ1v) is 11.4. The van der Waals surface area contributed by atoms with Gasteiger partial charge in [-0.2, -0.15) is 0 Å². The third-order valence-corrected chi connectivity index (χ3v) is 6.52. The summed E-state index contributed by atoms with van der Waals surface area (Å²) in [7, 11) is -1.21. The van der Waals surface area contributed by atoms with Gasteiger partial charge >= 0.3 is 0 Å². The van der Waals surface area contributed by atoms with Gasteiger partial charge in [-0.05, 0) is 37.2 Å². The Bertz CT molecular complexity index is 700. The van der Waals surface area contributed by atoms with Crippen molar-refractivity contribution in [2.45, 2.75) is 32.9 Å². The quantitative estimate of drug-likeness (QED) is 0.483. The molecule has 1 unspecified atom stereocenters. The molecule has 152 valence electrons. The van der Waals surface area contributed by atoms with Gasteiger partial charge in [-0.3, -0.25) is 4.99 Å². The number of sulfone groups is 1. The predicted octanol–water partition coefficient (Wildman–Crippen LogP) is 1.26. The number of guanidine groups is 1. The summed E-state index contributed by atoms with van der Waals surface area (Å²) in [5, 5.41) is 6.41. The molecule has 7 nitrogen and oxygen atoms in total. The number of aliphatic imine (C=N–C) groups is 1. The number of nitrogens with zero attached hydrogens (tertiary/aromatic N) is 2. The number of hydrogen-bond acceptors (Lipinski definition) is 5. The Morgan fingerprint density at radius 1 is 1.26 bits per heavy atom. The van der Waals surface area contributed by atoms with Gasteiger partial charge in [0, 0.05) is 26.2 Å². The van der Waals surface area contributed by atoms with Crippen LogP contribution >= 0.6 is 0 Å². The molecule has 0 spiro atoms. The van der Waals surface area contributed by atoms with E-state index in [1.54, 1.807) is 7.05 Å². The van der Waals surface area contributed by atoms with Crippen LogP contribution in [0.4, 0.5) is 0 Å². The van der Waals surface area contributed by atoms with Crippen molar-refractivity contribution in [3.63, 3.8) is 0 Å². The lowest BCUT2D eigenvalue weighted by atomic mass is 10.2. The zero-order valence-electron chi connectivity index (χ0n) is 16.6. The van der Waals surface area contributed by atoms with Crippen LogP contribution in [-0.2, 0) is 16.4 Å². The maximum Gasteiger partial charge on any atom is 0.191 e. The van der Waals surface area contributed by atoms with E-state index < -0.39 is 9.84 Å². The Morgan fingerprint density at radius 3 is 2.52 bits per heavy atom. The van der Waals surface area contributed by atoms with Crippen LogP contribution in [0.3, 0.4) is 0 Å². The minimum atomic E-state index is -2.90. The van der Waals surface area contributed by atoms with Crippen molar-refractivity contribution in [1.82, 2.24) is 15.5 Å². The minimum absolute atomic E-state index is 0.0669. The lowest BCUT2D eigenvalue weighted by molar-refractivity contribution is 0.223. The molecular formula is C19H32N4O3S. The molecule has 2 rings (SSSR count). The normalized spacial score (nSPS) is 19.3. The van der Waals surface area contributed by atoms with Crippen molar-refractivity contribution in [3.05, 3.63) is 29.8 Å². The van der Waals surface area contributed by atoms with Crippen molar-refractivity contribution in [1.29, 1.82) is 0 Å². The van der Waals surface area contributed by atoms with E-state index >= 15 is 0 Å². The maximum absolute atomic E-state index is 11.6. The van der Waals surface area contributed by atoms with E-state index in [2.05, 4.69) is 34.4 Å². The summed E-state index contributed by atoms with van der Waals surface area (Å²) in [4.78, 5) is 6.50. The SMILES string of the molecule is CCN(CC)CCOc1ccc(CNC(=NC)NC2CCS(=O)(=O)C2)cc1. The molecular weight excluding hydrogens is 364 g/mol. The summed E-state index contributed by atoms with van der Waals surface area (Å²) in [6.07, 6.45) is 0.628. The molecule has 1 aromatic rings. The summed E-state index contributed by atoms with van der Waals surface area (Å²) in [6.45, 7) is 8.59. The monoisotopic (exact) mass is 396 g/mol. The van der Waals surface area contributed by atoms with Crippen molar-refractivity contribution in [3.8, 4) is 5.75 Å². The molecule has 0 aromatic heterocycles. The van der Waals surface area contributed by atoms with Crippen LogP contribution in [0.15, 0.2) is 29.3 Å². The molecule has 1 aliphatic heterocycles. The lowest BCUT2D eigenvalue weighted by Crippen LogP contribution is -2.43. The molecule has 0 aliphatic carbocycles. The average Bonchev–Trinajstić information content (AvgIpc) is 3.01. The minimum Gasteiger partial charge on any atom is -0.492 e. The van der Waals surface area contributed by atoms with E-state index in [-0.39, 0.29) is 17.5 Å². The van der Waals surface area contributed by atoms with Gasteiger partial charge in [0.1, 0.15) is 12.4 Å². The van der Waals surface area contributed by atoms with Crippen molar-refractivity contribution < 1.29 is 13.2 Å². The smallest absolute Gasteiger partial charge is 0.191 e. The number of hydrogen-bond donors (Lipinski definition) is 2. The van der Waals surface area contributed by atoms with E-state index in [9.17, 15) is 8.42 Å². The summed E-state index contributed by atoms with van der Waals surface area (Å²) in [5.74, 6) is 1.91. The number of ether oxygens (including phenoxy) is 1. The Labute approximate surface area is 163 Å². The molecule has 1 atom stereocenters. The molecule has 1 saturated heterocycles. The van der Waals surface area contributed by atoms with Crippen LogP contribution in [0.25, 0.3) is 0 Å². The largest absolute Gasteiger partial charge is 0.492 e. The summed E-state index contributed by atoms with van der Waals surface area (Å²) in [6, 6.07) is 7.92. The molecule has 0 saturated carbocycles. The molecule has 2 N–H and O–H groups in total. The molecule has 1 heterocycles. The summed E-state index contributed by atoms with van der Waals surface area (Å²) in [5.41, 5.74) is 1.10. The zero-order chi connectivity index (χ0) is 19.7. The van der Waals surface area contributed by atoms with Crippen molar-refractivity contribution in [2.75, 3.05) is 44.8 Å². The van der Waals surface area contributed by atoms with E-state index in [0.29, 0.717) is 25.5 Å². The van der Waals surface area contributed by atoms with Gasteiger partial charge in [0.15, 0.2) is 15.8 Å². The number of benzene rings is 1. The first kappa shape index (κ1) is 21.5. The Kier molecular flexibility index (Phi) is 8.37. The van der Waals surface area contributed by atoms with Gasteiger partial charge < -0.3 is 20.3 Å². The molecule has 27 heavy (non-hydrogen) atoms. The molecule has 1 fully saturated rings. The second-order valence-corrected chi connectivity index (χ2v) is 8.92. The summed E-state index contributed by atoms with van der Waals surface area (Å²) < 4.78 is 28.9. The Balaban J connectivity index is 1.75. The highest BCUT2D eigenvalue weighted by Crippen LogP contribution is 2.13. The first-order chi connectivity index (χ1) is 13.0. The average molecular weight is 397 g/mol. The third kappa shape index (κ3) is 7.38. The van der Waals surface area contributed by atoms with Gasteiger partial charge in [0.2, 0.25) is 0 Å². The van der Waals surface area contributed by atoms with Crippen LogP contribution in [0.1, 0.15) is 25.8 Å². The topological polar surface area (TPSA) is 83.0 Å².